The van der Waals surface area contributed by atoms with Crippen LogP contribution in [0.2, 0.25) is 0 Å². The van der Waals surface area contributed by atoms with Gasteiger partial charge in [0, 0.05) is 31.1 Å². The maximum Gasteiger partial charge on any atom is 0.271 e. The summed E-state index contributed by atoms with van der Waals surface area (Å²) in [4.78, 5) is 18.4. The topological polar surface area (TPSA) is 71.2 Å². The lowest BCUT2D eigenvalue weighted by atomic mass is 10.2. The highest BCUT2D eigenvalue weighted by molar-refractivity contribution is 7.13. The number of hydrogen-bond donors (Lipinski definition) is 2. The quantitative estimate of drug-likeness (QED) is 0.902. The second kappa shape index (κ2) is 6.24. The molecular formula is C15H18N4OS. The summed E-state index contributed by atoms with van der Waals surface area (Å²) in [5, 5.41) is 5.16. The van der Waals surface area contributed by atoms with Gasteiger partial charge in [-0.1, -0.05) is 30.3 Å². The Hall–Kier alpha value is -1.92. The molecule has 1 aliphatic heterocycles. The number of rotatable bonds is 4. The van der Waals surface area contributed by atoms with Crippen molar-refractivity contribution in [1.29, 1.82) is 0 Å². The van der Waals surface area contributed by atoms with Crippen molar-refractivity contribution < 1.29 is 4.79 Å². The molecule has 1 atom stereocenters. The van der Waals surface area contributed by atoms with Gasteiger partial charge >= 0.3 is 0 Å². The van der Waals surface area contributed by atoms with Crippen LogP contribution in [0.4, 0.5) is 5.13 Å². The van der Waals surface area contributed by atoms with Crippen LogP contribution in [0.3, 0.4) is 0 Å². The Labute approximate surface area is 127 Å². The van der Waals surface area contributed by atoms with E-state index in [2.05, 4.69) is 39.5 Å². The van der Waals surface area contributed by atoms with E-state index in [0.717, 1.165) is 26.1 Å². The monoisotopic (exact) mass is 302 g/mol. The Balaban J connectivity index is 1.52. The van der Waals surface area contributed by atoms with Gasteiger partial charge in [-0.15, -0.1) is 11.3 Å². The van der Waals surface area contributed by atoms with E-state index in [1.165, 1.54) is 16.9 Å². The van der Waals surface area contributed by atoms with Gasteiger partial charge in [0.05, 0.1) is 0 Å². The number of carbonyl (C=O) groups excluding carboxylic acids is 1. The summed E-state index contributed by atoms with van der Waals surface area (Å²) in [5.74, 6) is -0.130. The first kappa shape index (κ1) is 14.0. The van der Waals surface area contributed by atoms with Gasteiger partial charge in [-0.25, -0.2) is 4.98 Å². The van der Waals surface area contributed by atoms with Crippen molar-refractivity contribution in [3.63, 3.8) is 0 Å². The molecule has 0 saturated carbocycles. The number of benzene rings is 1. The van der Waals surface area contributed by atoms with Crippen molar-refractivity contribution in [2.75, 3.05) is 18.8 Å². The second-order valence-corrected chi connectivity index (χ2v) is 6.14. The van der Waals surface area contributed by atoms with Gasteiger partial charge in [0.15, 0.2) is 5.13 Å². The van der Waals surface area contributed by atoms with E-state index in [-0.39, 0.29) is 11.9 Å². The zero-order valence-electron chi connectivity index (χ0n) is 11.7. The number of amides is 1. The summed E-state index contributed by atoms with van der Waals surface area (Å²) in [6.07, 6.45) is 0.970. The molecule has 3 rings (SSSR count). The van der Waals surface area contributed by atoms with Crippen LogP contribution in [0.1, 0.15) is 22.5 Å². The van der Waals surface area contributed by atoms with Gasteiger partial charge < -0.3 is 11.1 Å². The lowest BCUT2D eigenvalue weighted by Crippen LogP contribution is -2.37. The highest BCUT2D eigenvalue weighted by Crippen LogP contribution is 2.15. The van der Waals surface area contributed by atoms with E-state index in [9.17, 15) is 4.79 Å². The average Bonchev–Trinajstić information content (AvgIpc) is 3.09. The predicted octanol–water partition coefficient (Wildman–Crippen LogP) is 1.73. The first-order valence-corrected chi connectivity index (χ1v) is 7.87. The zero-order chi connectivity index (χ0) is 14.7. The van der Waals surface area contributed by atoms with Gasteiger partial charge in [0.1, 0.15) is 5.69 Å². The average molecular weight is 302 g/mol. The molecule has 21 heavy (non-hydrogen) atoms. The van der Waals surface area contributed by atoms with Crippen molar-refractivity contribution in [3.05, 3.63) is 47.0 Å². The number of thiazole rings is 1. The summed E-state index contributed by atoms with van der Waals surface area (Å²) >= 11 is 1.29. The van der Waals surface area contributed by atoms with E-state index in [1.54, 1.807) is 5.38 Å². The maximum atomic E-state index is 12.0. The van der Waals surface area contributed by atoms with Crippen molar-refractivity contribution in [3.8, 4) is 0 Å². The fraction of sp³-hybridized carbons (Fsp3) is 0.333. The molecule has 110 valence electrons. The minimum absolute atomic E-state index is 0.130. The van der Waals surface area contributed by atoms with Gasteiger partial charge in [-0.2, -0.15) is 0 Å². The molecule has 1 fully saturated rings. The number of likely N-dealkylation sites (tertiary alicyclic amines) is 1. The van der Waals surface area contributed by atoms with Crippen molar-refractivity contribution in [2.24, 2.45) is 0 Å². The van der Waals surface area contributed by atoms with Crippen LogP contribution in [-0.4, -0.2) is 34.9 Å². The highest BCUT2D eigenvalue weighted by atomic mass is 32.1. The van der Waals surface area contributed by atoms with Gasteiger partial charge in [-0.3, -0.25) is 9.69 Å². The molecule has 5 nitrogen and oxygen atoms in total. The largest absolute Gasteiger partial charge is 0.375 e. The highest BCUT2D eigenvalue weighted by Gasteiger charge is 2.24. The van der Waals surface area contributed by atoms with E-state index in [1.807, 2.05) is 6.07 Å². The molecule has 0 bridgehead atoms. The number of carbonyl (C=O) groups is 1. The number of anilines is 1. The molecule has 1 saturated heterocycles. The Morgan fingerprint density at radius 1 is 1.43 bits per heavy atom. The molecule has 1 aromatic heterocycles. The summed E-state index contributed by atoms with van der Waals surface area (Å²) in [6.45, 7) is 2.80. The maximum absolute atomic E-state index is 12.0. The first-order valence-electron chi connectivity index (χ1n) is 6.99. The molecule has 0 radical (unpaired) electrons. The number of aromatic nitrogens is 1. The van der Waals surface area contributed by atoms with Crippen LogP contribution in [0.15, 0.2) is 35.7 Å². The van der Waals surface area contributed by atoms with Gasteiger partial charge in [0.2, 0.25) is 0 Å². The molecule has 0 spiro atoms. The van der Waals surface area contributed by atoms with Crippen LogP contribution in [-0.2, 0) is 6.54 Å². The Kier molecular flexibility index (Phi) is 4.17. The molecule has 6 heteroatoms. The van der Waals surface area contributed by atoms with Crippen molar-refractivity contribution in [2.45, 2.75) is 19.0 Å². The van der Waals surface area contributed by atoms with E-state index >= 15 is 0 Å². The van der Waals surface area contributed by atoms with E-state index < -0.39 is 0 Å². The number of nitrogens with zero attached hydrogens (tertiary/aromatic N) is 2. The van der Waals surface area contributed by atoms with Crippen molar-refractivity contribution in [1.82, 2.24) is 15.2 Å². The molecular weight excluding hydrogens is 284 g/mol. The Bertz CT molecular complexity index is 613. The smallest absolute Gasteiger partial charge is 0.271 e. The van der Waals surface area contributed by atoms with E-state index in [0.29, 0.717) is 10.8 Å². The Morgan fingerprint density at radius 3 is 2.95 bits per heavy atom. The zero-order valence-corrected chi connectivity index (χ0v) is 12.5. The number of nitrogen functional groups attached to an aromatic ring is 1. The number of nitrogens with one attached hydrogen (secondary N) is 1. The lowest BCUT2D eigenvalue weighted by Gasteiger charge is -2.16. The van der Waals surface area contributed by atoms with Crippen LogP contribution < -0.4 is 11.1 Å². The summed E-state index contributed by atoms with van der Waals surface area (Å²) < 4.78 is 0. The van der Waals surface area contributed by atoms with Gasteiger partial charge in [-0.05, 0) is 12.0 Å². The fourth-order valence-electron chi connectivity index (χ4n) is 2.59. The van der Waals surface area contributed by atoms with Crippen LogP contribution >= 0.6 is 11.3 Å². The third-order valence-electron chi connectivity index (χ3n) is 3.61. The normalized spacial score (nSPS) is 18.8. The molecule has 1 aromatic carbocycles. The van der Waals surface area contributed by atoms with Gasteiger partial charge in [0.25, 0.3) is 5.91 Å². The third-order valence-corrected chi connectivity index (χ3v) is 4.29. The third kappa shape index (κ3) is 3.59. The Morgan fingerprint density at radius 2 is 2.24 bits per heavy atom. The summed E-state index contributed by atoms with van der Waals surface area (Å²) in [7, 11) is 0. The molecule has 0 aliphatic carbocycles. The minimum atomic E-state index is -0.130. The van der Waals surface area contributed by atoms with E-state index in [4.69, 9.17) is 5.73 Å². The second-order valence-electron chi connectivity index (χ2n) is 5.25. The number of nitrogens with two attached hydrogens (primary N) is 1. The molecule has 1 aliphatic rings. The first-order chi connectivity index (χ1) is 10.2. The molecule has 1 unspecified atom stereocenters. The van der Waals surface area contributed by atoms with Crippen molar-refractivity contribution >= 4 is 22.4 Å². The van der Waals surface area contributed by atoms with Crippen LogP contribution in [0.25, 0.3) is 0 Å². The molecule has 2 heterocycles. The SMILES string of the molecule is Nc1nc(C(=O)NC2CCN(Cc3ccccc3)C2)cs1. The summed E-state index contributed by atoms with van der Waals surface area (Å²) in [5.41, 5.74) is 7.27. The summed E-state index contributed by atoms with van der Waals surface area (Å²) in [6, 6.07) is 10.6. The number of hydrogen-bond acceptors (Lipinski definition) is 5. The fourth-order valence-corrected chi connectivity index (χ4v) is 3.13. The standard InChI is InChI=1S/C15H18N4OS/c16-15-18-13(10-21-15)14(20)17-12-6-7-19(9-12)8-11-4-2-1-3-5-11/h1-5,10,12H,6-9H2,(H2,16,18)(H,17,20). The predicted molar refractivity (Wildman–Crippen MR) is 84.1 cm³/mol. The lowest BCUT2D eigenvalue weighted by molar-refractivity contribution is 0.0933. The molecule has 2 aromatic rings. The molecule has 1 amide bonds. The van der Waals surface area contributed by atoms with Crippen LogP contribution in [0, 0.1) is 0 Å². The minimum Gasteiger partial charge on any atom is -0.375 e. The van der Waals surface area contributed by atoms with Crippen LogP contribution in [0.5, 0.6) is 0 Å². The molecule has 3 N–H and O–H groups in total.